The molecular formula is C13H17N3O7. The Bertz CT molecular complexity index is 616. The summed E-state index contributed by atoms with van der Waals surface area (Å²) < 4.78 is 14.8. The van der Waals surface area contributed by atoms with Crippen molar-refractivity contribution in [3.8, 4) is 11.9 Å². The number of carbonyl (C=O) groups is 1. The number of nitro groups is 1. The van der Waals surface area contributed by atoms with Gasteiger partial charge in [-0.1, -0.05) is 0 Å². The van der Waals surface area contributed by atoms with Crippen molar-refractivity contribution < 1.29 is 29.0 Å². The predicted octanol–water partition coefficient (Wildman–Crippen LogP) is 1.64. The first-order valence-electron chi connectivity index (χ1n) is 6.84. The maximum Gasteiger partial charge on any atom is 0.373 e. The van der Waals surface area contributed by atoms with Crippen LogP contribution in [0.1, 0.15) is 26.5 Å². The van der Waals surface area contributed by atoms with E-state index in [9.17, 15) is 20.0 Å². The van der Waals surface area contributed by atoms with Crippen LogP contribution in [0.25, 0.3) is 6.08 Å². The van der Waals surface area contributed by atoms with E-state index in [-0.39, 0.29) is 37.4 Å². The average Bonchev–Trinajstić information content (AvgIpc) is 2.47. The van der Waals surface area contributed by atoms with Crippen LogP contribution in [0.5, 0.6) is 11.9 Å². The Morgan fingerprint density at radius 1 is 1.22 bits per heavy atom. The molecule has 1 heterocycles. The third-order valence-corrected chi connectivity index (χ3v) is 2.35. The lowest BCUT2D eigenvalue weighted by molar-refractivity contribution is -0.386. The van der Waals surface area contributed by atoms with Crippen LogP contribution in [0.15, 0.2) is 5.76 Å². The quantitative estimate of drug-likeness (QED) is 0.248. The number of nitrogens with zero attached hydrogens (tertiary/aromatic N) is 3. The van der Waals surface area contributed by atoms with E-state index in [1.807, 2.05) is 0 Å². The standard InChI is InChI=1S/C13H17N3O7/c1-4-21-11-10(16(19)20)8(14-13(15-11)23-6-3)7-9(17)12(18)22-5-2/h7,17H,4-6H2,1-3H3. The van der Waals surface area contributed by atoms with Crippen LogP contribution in [0, 0.1) is 10.1 Å². The molecule has 126 valence electrons. The van der Waals surface area contributed by atoms with Crippen molar-refractivity contribution in [1.82, 2.24) is 9.97 Å². The second-order valence-corrected chi connectivity index (χ2v) is 3.92. The summed E-state index contributed by atoms with van der Waals surface area (Å²) in [7, 11) is 0. The van der Waals surface area contributed by atoms with Crippen LogP contribution in [-0.2, 0) is 9.53 Å². The van der Waals surface area contributed by atoms with Crippen LogP contribution >= 0.6 is 0 Å². The van der Waals surface area contributed by atoms with Crippen molar-refractivity contribution in [2.75, 3.05) is 19.8 Å². The van der Waals surface area contributed by atoms with Gasteiger partial charge in [-0.15, -0.1) is 0 Å². The first kappa shape index (κ1) is 18.1. The molecule has 0 saturated heterocycles. The summed E-state index contributed by atoms with van der Waals surface area (Å²) in [6.07, 6.45) is 0.808. The number of esters is 1. The molecule has 0 saturated carbocycles. The summed E-state index contributed by atoms with van der Waals surface area (Å²) in [6, 6.07) is -0.176. The molecule has 0 bridgehead atoms. The Hall–Kier alpha value is -2.91. The fraction of sp³-hybridized carbons (Fsp3) is 0.462. The lowest BCUT2D eigenvalue weighted by atomic mass is 10.3. The Labute approximate surface area is 131 Å². The molecule has 0 aliphatic heterocycles. The van der Waals surface area contributed by atoms with Crippen molar-refractivity contribution >= 4 is 17.7 Å². The lowest BCUT2D eigenvalue weighted by Gasteiger charge is -2.08. The summed E-state index contributed by atoms with van der Waals surface area (Å²) in [6.45, 7) is 5.23. The smallest absolute Gasteiger partial charge is 0.373 e. The Balaban J connectivity index is 3.44. The topological polar surface area (TPSA) is 134 Å². The number of aromatic nitrogens is 2. The maximum absolute atomic E-state index is 11.4. The molecule has 0 radical (unpaired) electrons. The second kappa shape index (κ2) is 8.51. The maximum atomic E-state index is 11.4. The average molecular weight is 327 g/mol. The van der Waals surface area contributed by atoms with Crippen LogP contribution in [0.4, 0.5) is 5.69 Å². The van der Waals surface area contributed by atoms with Gasteiger partial charge in [0, 0.05) is 6.08 Å². The highest BCUT2D eigenvalue weighted by Gasteiger charge is 2.27. The molecule has 10 heteroatoms. The van der Waals surface area contributed by atoms with Gasteiger partial charge >= 0.3 is 23.5 Å². The number of aliphatic hydroxyl groups is 1. The first-order valence-corrected chi connectivity index (χ1v) is 6.84. The van der Waals surface area contributed by atoms with E-state index in [2.05, 4.69) is 14.7 Å². The Kier molecular flexibility index (Phi) is 6.71. The lowest BCUT2D eigenvalue weighted by Crippen LogP contribution is -2.09. The fourth-order valence-corrected chi connectivity index (χ4v) is 1.53. The van der Waals surface area contributed by atoms with Crippen molar-refractivity contribution in [2.45, 2.75) is 20.8 Å². The highest BCUT2D eigenvalue weighted by molar-refractivity contribution is 5.91. The third kappa shape index (κ3) is 4.80. The van der Waals surface area contributed by atoms with Gasteiger partial charge in [0.25, 0.3) is 0 Å². The van der Waals surface area contributed by atoms with E-state index in [1.165, 1.54) is 0 Å². The van der Waals surface area contributed by atoms with Crippen molar-refractivity contribution in [1.29, 1.82) is 0 Å². The normalized spacial score (nSPS) is 11.0. The molecule has 1 rings (SSSR count). The van der Waals surface area contributed by atoms with Crippen LogP contribution in [-0.4, -0.2) is 45.8 Å². The number of ether oxygens (including phenoxy) is 3. The van der Waals surface area contributed by atoms with E-state index in [4.69, 9.17) is 9.47 Å². The van der Waals surface area contributed by atoms with Crippen LogP contribution in [0.3, 0.4) is 0 Å². The van der Waals surface area contributed by atoms with E-state index >= 15 is 0 Å². The van der Waals surface area contributed by atoms with E-state index in [0.717, 1.165) is 6.08 Å². The molecule has 0 atom stereocenters. The van der Waals surface area contributed by atoms with Crippen LogP contribution < -0.4 is 9.47 Å². The molecule has 1 N–H and O–H groups in total. The van der Waals surface area contributed by atoms with Crippen molar-refractivity contribution in [2.24, 2.45) is 0 Å². The molecule has 1 aromatic heterocycles. The van der Waals surface area contributed by atoms with E-state index in [1.54, 1.807) is 20.8 Å². The van der Waals surface area contributed by atoms with Gasteiger partial charge in [0.15, 0.2) is 5.69 Å². The molecule has 0 aliphatic rings. The minimum Gasteiger partial charge on any atom is -0.502 e. The van der Waals surface area contributed by atoms with Gasteiger partial charge in [-0.25, -0.2) is 4.79 Å². The van der Waals surface area contributed by atoms with Gasteiger partial charge in [-0.3, -0.25) is 10.1 Å². The molecule has 0 unspecified atom stereocenters. The zero-order chi connectivity index (χ0) is 17.4. The largest absolute Gasteiger partial charge is 0.502 e. The van der Waals surface area contributed by atoms with Gasteiger partial charge in [0.2, 0.25) is 5.76 Å². The van der Waals surface area contributed by atoms with Gasteiger partial charge < -0.3 is 19.3 Å². The molecular weight excluding hydrogens is 310 g/mol. The molecule has 0 aromatic carbocycles. The van der Waals surface area contributed by atoms with Gasteiger partial charge in [-0.05, 0) is 20.8 Å². The summed E-state index contributed by atoms with van der Waals surface area (Å²) in [4.78, 5) is 29.5. The summed E-state index contributed by atoms with van der Waals surface area (Å²) in [5.74, 6) is -2.19. The first-order chi connectivity index (χ1) is 10.9. The van der Waals surface area contributed by atoms with Crippen molar-refractivity contribution in [3.63, 3.8) is 0 Å². The number of carbonyl (C=O) groups excluding carboxylic acids is 1. The SMILES string of the molecule is CCOC(=O)C(O)=Cc1nc(OCC)nc(OCC)c1[N+](=O)[O-]. The summed E-state index contributed by atoms with van der Waals surface area (Å²) in [5, 5.41) is 20.9. The summed E-state index contributed by atoms with van der Waals surface area (Å²) in [5.41, 5.74) is -0.923. The van der Waals surface area contributed by atoms with Crippen LogP contribution in [0.2, 0.25) is 0 Å². The molecule has 0 fully saturated rings. The molecule has 1 aromatic rings. The van der Waals surface area contributed by atoms with Gasteiger partial charge in [0.1, 0.15) is 0 Å². The minimum absolute atomic E-state index is 0.0387. The van der Waals surface area contributed by atoms with E-state index in [0.29, 0.717) is 0 Å². The van der Waals surface area contributed by atoms with Crippen molar-refractivity contribution in [3.05, 3.63) is 21.6 Å². The number of rotatable bonds is 8. The zero-order valence-corrected chi connectivity index (χ0v) is 12.9. The Morgan fingerprint density at radius 3 is 2.39 bits per heavy atom. The monoisotopic (exact) mass is 327 g/mol. The number of aliphatic hydroxyl groups excluding tert-OH is 1. The van der Waals surface area contributed by atoms with Gasteiger partial charge in [0.05, 0.1) is 24.7 Å². The molecule has 23 heavy (non-hydrogen) atoms. The predicted molar refractivity (Wildman–Crippen MR) is 78.3 cm³/mol. The molecule has 10 nitrogen and oxygen atoms in total. The molecule has 0 aliphatic carbocycles. The molecule has 0 amide bonds. The number of hydrogen-bond donors (Lipinski definition) is 1. The Morgan fingerprint density at radius 2 is 1.87 bits per heavy atom. The third-order valence-electron chi connectivity index (χ3n) is 2.35. The number of hydrogen-bond acceptors (Lipinski definition) is 9. The second-order valence-electron chi connectivity index (χ2n) is 3.92. The summed E-state index contributed by atoms with van der Waals surface area (Å²) >= 11 is 0. The fourth-order valence-electron chi connectivity index (χ4n) is 1.53. The molecule has 0 spiro atoms. The highest BCUT2D eigenvalue weighted by atomic mass is 16.6. The van der Waals surface area contributed by atoms with E-state index < -0.39 is 22.3 Å². The minimum atomic E-state index is -1.03. The zero-order valence-electron chi connectivity index (χ0n) is 12.9. The van der Waals surface area contributed by atoms with Gasteiger partial charge in [-0.2, -0.15) is 9.97 Å². The highest BCUT2D eigenvalue weighted by Crippen LogP contribution is 2.31.